The summed E-state index contributed by atoms with van der Waals surface area (Å²) in [6, 6.07) is 8.96. The highest BCUT2D eigenvalue weighted by Gasteiger charge is 2.54. The molecule has 0 amide bonds. The predicted molar refractivity (Wildman–Crippen MR) is 142 cm³/mol. The second kappa shape index (κ2) is 15.7. The zero-order chi connectivity index (χ0) is 32.4. The second-order valence-electron chi connectivity index (χ2n) is 9.68. The number of rotatable bonds is 13. The molecule has 240 valence electrons. The van der Waals surface area contributed by atoms with Crippen LogP contribution in [0.25, 0.3) is 0 Å². The SMILES string of the molecule is CC(=O)OCCC1OC(=O)C(OC2OC(COC(C)=O)C(OC(C)=O)[C@@H](OC(C)=O)C2OC(C)=O)=C1OCc1ccccc1. The summed E-state index contributed by atoms with van der Waals surface area (Å²) < 4.78 is 49.5. The first kappa shape index (κ1) is 33.8. The van der Waals surface area contributed by atoms with Gasteiger partial charge in [0.1, 0.15) is 19.3 Å². The van der Waals surface area contributed by atoms with Crippen LogP contribution in [-0.4, -0.2) is 85.8 Å². The Balaban J connectivity index is 2.02. The summed E-state index contributed by atoms with van der Waals surface area (Å²) in [5.41, 5.74) is 0.740. The second-order valence-corrected chi connectivity index (χ2v) is 9.68. The molecule has 2 heterocycles. The van der Waals surface area contributed by atoms with Crippen LogP contribution < -0.4 is 0 Å². The zero-order valence-corrected chi connectivity index (χ0v) is 24.8. The summed E-state index contributed by atoms with van der Waals surface area (Å²) in [5, 5.41) is 0. The van der Waals surface area contributed by atoms with Gasteiger partial charge in [-0.15, -0.1) is 0 Å². The Labute approximate surface area is 252 Å². The van der Waals surface area contributed by atoms with E-state index < -0.39 is 85.0 Å². The molecule has 0 radical (unpaired) electrons. The zero-order valence-electron chi connectivity index (χ0n) is 24.8. The summed E-state index contributed by atoms with van der Waals surface area (Å²) in [6.45, 7) is 4.96. The Morgan fingerprint density at radius 3 is 1.93 bits per heavy atom. The molecule has 44 heavy (non-hydrogen) atoms. The third kappa shape index (κ3) is 9.69. The third-order valence-corrected chi connectivity index (χ3v) is 6.06. The number of cyclic esters (lactones) is 1. The lowest BCUT2D eigenvalue weighted by atomic mass is 9.98. The van der Waals surface area contributed by atoms with Crippen LogP contribution in [0.4, 0.5) is 0 Å². The molecule has 2 aliphatic heterocycles. The molecule has 1 fully saturated rings. The number of hydrogen-bond acceptors (Lipinski definition) is 15. The van der Waals surface area contributed by atoms with Crippen LogP contribution in [0.5, 0.6) is 0 Å². The molecular formula is C29H34O15. The first-order chi connectivity index (χ1) is 20.8. The van der Waals surface area contributed by atoms with Crippen LogP contribution in [0.15, 0.2) is 41.9 Å². The normalized spacial score (nSPS) is 24.4. The molecule has 6 atom stereocenters. The molecule has 0 bridgehead atoms. The molecular weight excluding hydrogens is 588 g/mol. The van der Waals surface area contributed by atoms with Crippen molar-refractivity contribution < 1.29 is 71.4 Å². The van der Waals surface area contributed by atoms with Gasteiger partial charge >= 0.3 is 35.8 Å². The van der Waals surface area contributed by atoms with Gasteiger partial charge in [0.15, 0.2) is 24.1 Å². The fraction of sp³-hybridized carbons (Fsp3) is 0.517. The molecule has 1 aromatic rings. The van der Waals surface area contributed by atoms with E-state index in [0.717, 1.165) is 33.3 Å². The quantitative estimate of drug-likeness (QED) is 0.227. The van der Waals surface area contributed by atoms with Crippen molar-refractivity contribution in [2.75, 3.05) is 13.2 Å². The van der Waals surface area contributed by atoms with Crippen molar-refractivity contribution in [1.29, 1.82) is 0 Å². The molecule has 0 saturated carbocycles. The molecule has 0 aromatic heterocycles. The lowest BCUT2D eigenvalue weighted by molar-refractivity contribution is -0.300. The van der Waals surface area contributed by atoms with Crippen molar-refractivity contribution in [3.05, 3.63) is 47.4 Å². The number of ether oxygens (including phenoxy) is 9. The molecule has 2 aliphatic rings. The van der Waals surface area contributed by atoms with Crippen LogP contribution in [-0.2, 0) is 78.0 Å². The van der Waals surface area contributed by atoms with E-state index in [4.69, 9.17) is 42.6 Å². The van der Waals surface area contributed by atoms with Gasteiger partial charge in [0.05, 0.1) is 6.61 Å². The molecule has 15 heteroatoms. The maximum Gasteiger partial charge on any atom is 0.378 e. The number of esters is 6. The molecule has 5 unspecified atom stereocenters. The summed E-state index contributed by atoms with van der Waals surface area (Å²) >= 11 is 0. The van der Waals surface area contributed by atoms with E-state index in [1.165, 1.54) is 6.92 Å². The average molecular weight is 623 g/mol. The highest BCUT2D eigenvalue weighted by atomic mass is 16.7. The summed E-state index contributed by atoms with van der Waals surface area (Å²) in [4.78, 5) is 72.2. The number of benzene rings is 1. The summed E-state index contributed by atoms with van der Waals surface area (Å²) in [6.07, 6.45) is -8.56. The van der Waals surface area contributed by atoms with E-state index >= 15 is 0 Å². The Bertz CT molecular complexity index is 1260. The molecule has 3 rings (SSSR count). The van der Waals surface area contributed by atoms with E-state index in [0.29, 0.717) is 0 Å². The van der Waals surface area contributed by atoms with Crippen molar-refractivity contribution in [3.8, 4) is 0 Å². The number of carbonyl (C=O) groups is 6. The minimum atomic E-state index is -1.69. The van der Waals surface area contributed by atoms with E-state index in [1.54, 1.807) is 24.3 Å². The van der Waals surface area contributed by atoms with Crippen LogP contribution in [0.1, 0.15) is 46.6 Å². The highest BCUT2D eigenvalue weighted by Crippen LogP contribution is 2.35. The first-order valence-corrected chi connectivity index (χ1v) is 13.6. The third-order valence-electron chi connectivity index (χ3n) is 6.06. The highest BCUT2D eigenvalue weighted by molar-refractivity contribution is 5.89. The van der Waals surface area contributed by atoms with Gasteiger partial charge in [0.25, 0.3) is 0 Å². The molecule has 15 nitrogen and oxygen atoms in total. The minimum Gasteiger partial charge on any atom is -0.485 e. The summed E-state index contributed by atoms with van der Waals surface area (Å²) in [5.74, 6) is -5.26. The van der Waals surface area contributed by atoms with Gasteiger partial charge < -0.3 is 42.6 Å². The Morgan fingerprint density at radius 1 is 0.750 bits per heavy atom. The van der Waals surface area contributed by atoms with Crippen LogP contribution in [0, 0.1) is 0 Å². The fourth-order valence-corrected chi connectivity index (χ4v) is 4.38. The topological polar surface area (TPSA) is 185 Å². The first-order valence-electron chi connectivity index (χ1n) is 13.6. The number of hydrogen-bond donors (Lipinski definition) is 0. The van der Waals surface area contributed by atoms with E-state index in [-0.39, 0.29) is 25.4 Å². The van der Waals surface area contributed by atoms with E-state index in [9.17, 15) is 28.8 Å². The number of carbonyl (C=O) groups excluding carboxylic acids is 6. The van der Waals surface area contributed by atoms with Gasteiger partial charge in [-0.3, -0.25) is 24.0 Å². The Kier molecular flexibility index (Phi) is 12.1. The smallest absolute Gasteiger partial charge is 0.378 e. The molecule has 0 spiro atoms. The Morgan fingerprint density at radius 2 is 1.34 bits per heavy atom. The van der Waals surface area contributed by atoms with E-state index in [2.05, 4.69) is 0 Å². The standard InChI is InChI=1S/C29H34O15/c1-15(30)36-12-11-21-23(38-13-20-9-7-6-8-10-20)26(28(35)42-21)44-29-27(41-19(5)34)25(40-18(4)33)24(39-17(3)32)22(43-29)14-37-16(2)31/h6-10,21-22,24-25,27,29H,11-14H2,1-5H3/t21?,22?,24?,25-,27?,29?/m1/s1. The van der Waals surface area contributed by atoms with Gasteiger partial charge in [0.2, 0.25) is 18.2 Å². The van der Waals surface area contributed by atoms with E-state index in [1.807, 2.05) is 6.07 Å². The van der Waals surface area contributed by atoms with Gasteiger partial charge in [-0.2, -0.15) is 0 Å². The minimum absolute atomic E-state index is 0.0116. The molecule has 0 N–H and O–H groups in total. The monoisotopic (exact) mass is 622 g/mol. The van der Waals surface area contributed by atoms with Crippen molar-refractivity contribution in [1.82, 2.24) is 0 Å². The fourth-order valence-electron chi connectivity index (χ4n) is 4.38. The van der Waals surface area contributed by atoms with Crippen LogP contribution >= 0.6 is 0 Å². The molecule has 0 aliphatic carbocycles. The van der Waals surface area contributed by atoms with Gasteiger partial charge in [-0.05, 0) is 5.56 Å². The lowest BCUT2D eigenvalue weighted by Gasteiger charge is -2.43. The molecule has 1 saturated heterocycles. The van der Waals surface area contributed by atoms with Crippen molar-refractivity contribution in [2.24, 2.45) is 0 Å². The maximum atomic E-state index is 13.1. The van der Waals surface area contributed by atoms with Crippen LogP contribution in [0.2, 0.25) is 0 Å². The Hall–Kier alpha value is -4.66. The maximum absolute atomic E-state index is 13.1. The van der Waals surface area contributed by atoms with Gasteiger partial charge in [0, 0.05) is 41.0 Å². The predicted octanol–water partition coefficient (Wildman–Crippen LogP) is 1.39. The average Bonchev–Trinajstić information content (AvgIpc) is 3.22. The van der Waals surface area contributed by atoms with Gasteiger partial charge in [-0.25, -0.2) is 4.79 Å². The summed E-state index contributed by atoms with van der Waals surface area (Å²) in [7, 11) is 0. The van der Waals surface area contributed by atoms with Crippen LogP contribution in [0.3, 0.4) is 0 Å². The van der Waals surface area contributed by atoms with Crippen molar-refractivity contribution in [3.63, 3.8) is 0 Å². The molecule has 1 aromatic carbocycles. The van der Waals surface area contributed by atoms with Gasteiger partial charge in [-0.1, -0.05) is 30.3 Å². The lowest BCUT2D eigenvalue weighted by Crippen LogP contribution is -2.63. The van der Waals surface area contributed by atoms with Crippen molar-refractivity contribution in [2.45, 2.75) is 84.5 Å². The largest absolute Gasteiger partial charge is 0.485 e. The van der Waals surface area contributed by atoms with Crippen molar-refractivity contribution >= 4 is 35.8 Å².